The molecule has 0 radical (unpaired) electrons. The van der Waals surface area contributed by atoms with Crippen molar-refractivity contribution in [3.63, 3.8) is 0 Å². The zero-order valence-electron chi connectivity index (χ0n) is 13.2. The van der Waals surface area contributed by atoms with Gasteiger partial charge in [-0.25, -0.2) is 0 Å². The van der Waals surface area contributed by atoms with Crippen LogP contribution in [0.5, 0.6) is 0 Å². The molecule has 2 rings (SSSR count). The van der Waals surface area contributed by atoms with Gasteiger partial charge in [-0.1, -0.05) is 35.4 Å². The highest BCUT2D eigenvalue weighted by atomic mass is 35.5. The average Bonchev–Trinajstić information content (AvgIpc) is 2.51. The maximum atomic E-state index is 12.1. The van der Waals surface area contributed by atoms with Crippen LogP contribution in [0, 0.1) is 6.92 Å². The number of nitrogens with one attached hydrogen (secondary N) is 1. The third-order valence-corrected chi connectivity index (χ3v) is 3.67. The number of amides is 2. The molecule has 2 aromatic carbocycles. The maximum absolute atomic E-state index is 12.1. The van der Waals surface area contributed by atoms with Crippen LogP contribution in [0.2, 0.25) is 5.02 Å². The summed E-state index contributed by atoms with van der Waals surface area (Å²) in [6, 6.07) is 14.4. The predicted molar refractivity (Wildman–Crippen MR) is 93.0 cm³/mol. The Balaban J connectivity index is 1.96. The molecule has 0 aliphatic heterocycles. The number of benzene rings is 2. The van der Waals surface area contributed by atoms with Crippen molar-refractivity contribution in [1.29, 1.82) is 0 Å². The zero-order chi connectivity index (χ0) is 16.8. The number of hydrogen-bond donors (Lipinski definition) is 1. The normalized spacial score (nSPS) is 10.2. The number of carbonyl (C=O) groups is 2. The Bertz CT molecular complexity index is 698. The lowest BCUT2D eigenvalue weighted by atomic mass is 10.1. The predicted octanol–water partition coefficient (Wildman–Crippen LogP) is 3.43. The molecular weight excluding hydrogens is 312 g/mol. The number of carbonyl (C=O) groups excluding carboxylic acids is 2. The van der Waals surface area contributed by atoms with Crippen LogP contribution < -0.4 is 10.2 Å². The van der Waals surface area contributed by atoms with Gasteiger partial charge in [0.25, 0.3) is 5.91 Å². The summed E-state index contributed by atoms with van der Waals surface area (Å²) < 4.78 is 0. The monoisotopic (exact) mass is 330 g/mol. The van der Waals surface area contributed by atoms with Gasteiger partial charge in [0.2, 0.25) is 5.91 Å². The molecule has 0 spiro atoms. The van der Waals surface area contributed by atoms with Crippen molar-refractivity contribution in [2.24, 2.45) is 0 Å². The van der Waals surface area contributed by atoms with Gasteiger partial charge in [-0.2, -0.15) is 0 Å². The van der Waals surface area contributed by atoms with Crippen LogP contribution in [0.3, 0.4) is 0 Å². The fraction of sp³-hybridized carbons (Fsp3) is 0.222. The highest BCUT2D eigenvalue weighted by molar-refractivity contribution is 6.30. The van der Waals surface area contributed by atoms with E-state index in [2.05, 4.69) is 5.32 Å². The van der Waals surface area contributed by atoms with E-state index < -0.39 is 0 Å². The van der Waals surface area contributed by atoms with Crippen LogP contribution in [0.4, 0.5) is 5.69 Å². The van der Waals surface area contributed by atoms with E-state index in [-0.39, 0.29) is 11.8 Å². The number of hydrogen-bond acceptors (Lipinski definition) is 2. The summed E-state index contributed by atoms with van der Waals surface area (Å²) in [4.78, 5) is 25.5. The first-order valence-corrected chi connectivity index (χ1v) is 7.73. The summed E-state index contributed by atoms with van der Waals surface area (Å²) in [6.45, 7) is 4.20. The SMILES string of the molecule is CC(=O)N(CCNC(=O)c1ccc(C)cc1)c1cccc(Cl)c1. The molecule has 0 aliphatic carbocycles. The van der Waals surface area contributed by atoms with Crippen LogP contribution in [0.25, 0.3) is 0 Å². The Kier molecular flexibility index (Phi) is 5.77. The van der Waals surface area contributed by atoms with Crippen molar-refractivity contribution in [3.8, 4) is 0 Å². The van der Waals surface area contributed by atoms with Gasteiger partial charge in [0, 0.05) is 36.3 Å². The van der Waals surface area contributed by atoms with E-state index in [4.69, 9.17) is 11.6 Å². The molecule has 0 saturated carbocycles. The summed E-state index contributed by atoms with van der Waals surface area (Å²) in [5.41, 5.74) is 2.42. The summed E-state index contributed by atoms with van der Waals surface area (Å²) in [6.07, 6.45) is 0. The average molecular weight is 331 g/mol. The standard InChI is InChI=1S/C18H19ClN2O2/c1-13-6-8-15(9-7-13)18(23)20-10-11-21(14(2)22)17-5-3-4-16(19)12-17/h3-9,12H,10-11H2,1-2H3,(H,20,23). The highest BCUT2D eigenvalue weighted by Gasteiger charge is 2.12. The fourth-order valence-electron chi connectivity index (χ4n) is 2.20. The molecule has 120 valence electrons. The molecule has 0 aliphatic rings. The molecule has 0 saturated heterocycles. The lowest BCUT2D eigenvalue weighted by Crippen LogP contribution is -2.37. The van der Waals surface area contributed by atoms with Crippen molar-refractivity contribution in [1.82, 2.24) is 5.32 Å². The maximum Gasteiger partial charge on any atom is 0.251 e. The van der Waals surface area contributed by atoms with Crippen molar-refractivity contribution >= 4 is 29.1 Å². The van der Waals surface area contributed by atoms with Gasteiger partial charge in [0.05, 0.1) is 0 Å². The fourth-order valence-corrected chi connectivity index (χ4v) is 2.39. The van der Waals surface area contributed by atoms with Gasteiger partial charge in [-0.15, -0.1) is 0 Å². The lowest BCUT2D eigenvalue weighted by Gasteiger charge is -2.21. The first-order chi connectivity index (χ1) is 11.0. The molecule has 0 atom stereocenters. The van der Waals surface area contributed by atoms with Crippen LogP contribution in [0.15, 0.2) is 48.5 Å². The minimum Gasteiger partial charge on any atom is -0.350 e. The number of nitrogens with zero attached hydrogens (tertiary/aromatic N) is 1. The van der Waals surface area contributed by atoms with Gasteiger partial charge in [0.1, 0.15) is 0 Å². The van der Waals surface area contributed by atoms with E-state index in [1.54, 1.807) is 35.2 Å². The summed E-state index contributed by atoms with van der Waals surface area (Å²) in [7, 11) is 0. The van der Waals surface area contributed by atoms with Gasteiger partial charge < -0.3 is 10.2 Å². The third-order valence-electron chi connectivity index (χ3n) is 3.43. The number of anilines is 1. The molecule has 4 nitrogen and oxygen atoms in total. The Morgan fingerprint density at radius 2 is 1.83 bits per heavy atom. The first-order valence-electron chi connectivity index (χ1n) is 7.36. The smallest absolute Gasteiger partial charge is 0.251 e. The Hall–Kier alpha value is -2.33. The van der Waals surface area contributed by atoms with Gasteiger partial charge >= 0.3 is 0 Å². The molecule has 5 heteroatoms. The molecule has 2 amide bonds. The second kappa shape index (κ2) is 7.79. The van der Waals surface area contributed by atoms with E-state index in [0.717, 1.165) is 11.3 Å². The minimum absolute atomic E-state index is 0.100. The van der Waals surface area contributed by atoms with Crippen LogP contribution in [-0.4, -0.2) is 24.9 Å². The molecule has 0 unspecified atom stereocenters. The highest BCUT2D eigenvalue weighted by Crippen LogP contribution is 2.19. The van der Waals surface area contributed by atoms with Gasteiger partial charge in [0.15, 0.2) is 0 Å². The second-order valence-corrected chi connectivity index (χ2v) is 5.71. The van der Waals surface area contributed by atoms with E-state index in [1.807, 2.05) is 25.1 Å². The Morgan fingerprint density at radius 1 is 1.13 bits per heavy atom. The first kappa shape index (κ1) is 17.0. The van der Waals surface area contributed by atoms with Crippen LogP contribution in [-0.2, 0) is 4.79 Å². The van der Waals surface area contributed by atoms with Crippen molar-refractivity contribution in [3.05, 3.63) is 64.7 Å². The lowest BCUT2D eigenvalue weighted by molar-refractivity contribution is -0.116. The van der Waals surface area contributed by atoms with E-state index >= 15 is 0 Å². The summed E-state index contributed by atoms with van der Waals surface area (Å²) >= 11 is 5.96. The Morgan fingerprint density at radius 3 is 2.43 bits per heavy atom. The molecule has 0 heterocycles. The number of aryl methyl sites for hydroxylation is 1. The molecule has 23 heavy (non-hydrogen) atoms. The van der Waals surface area contributed by atoms with Crippen LogP contribution in [0.1, 0.15) is 22.8 Å². The molecule has 0 aromatic heterocycles. The number of rotatable bonds is 5. The zero-order valence-corrected chi connectivity index (χ0v) is 13.9. The van der Waals surface area contributed by atoms with E-state index in [0.29, 0.717) is 23.7 Å². The largest absolute Gasteiger partial charge is 0.350 e. The van der Waals surface area contributed by atoms with Crippen LogP contribution >= 0.6 is 11.6 Å². The van der Waals surface area contributed by atoms with Crippen molar-refractivity contribution in [2.75, 3.05) is 18.0 Å². The topological polar surface area (TPSA) is 49.4 Å². The van der Waals surface area contributed by atoms with Crippen molar-refractivity contribution < 1.29 is 9.59 Å². The quantitative estimate of drug-likeness (QED) is 0.913. The second-order valence-electron chi connectivity index (χ2n) is 5.27. The number of halogens is 1. The van der Waals surface area contributed by atoms with Gasteiger partial charge in [-0.3, -0.25) is 9.59 Å². The molecule has 1 N–H and O–H groups in total. The Labute approximate surface area is 141 Å². The van der Waals surface area contributed by atoms with Gasteiger partial charge in [-0.05, 0) is 37.3 Å². The summed E-state index contributed by atoms with van der Waals surface area (Å²) in [5.74, 6) is -0.253. The molecule has 0 fully saturated rings. The van der Waals surface area contributed by atoms with E-state index in [1.165, 1.54) is 6.92 Å². The molecule has 0 bridgehead atoms. The molecular formula is C18H19ClN2O2. The van der Waals surface area contributed by atoms with E-state index in [9.17, 15) is 9.59 Å². The third kappa shape index (κ3) is 4.83. The van der Waals surface area contributed by atoms with Crippen molar-refractivity contribution in [2.45, 2.75) is 13.8 Å². The molecule has 2 aromatic rings. The minimum atomic E-state index is -0.153. The summed E-state index contributed by atoms with van der Waals surface area (Å²) in [5, 5.41) is 3.39.